The molecule has 7 heteroatoms. The summed E-state index contributed by atoms with van der Waals surface area (Å²) >= 11 is 0. The first-order valence-electron chi connectivity index (χ1n) is 10.0. The molecular formula is C21H28N4O3. The second-order valence-corrected chi connectivity index (χ2v) is 7.49. The van der Waals surface area contributed by atoms with E-state index >= 15 is 0 Å². The highest BCUT2D eigenvalue weighted by Gasteiger charge is 2.34. The molecule has 1 amide bonds. The van der Waals surface area contributed by atoms with Crippen molar-refractivity contribution in [3.63, 3.8) is 0 Å². The van der Waals surface area contributed by atoms with Gasteiger partial charge in [-0.3, -0.25) is 14.6 Å². The summed E-state index contributed by atoms with van der Waals surface area (Å²) in [6.07, 6.45) is 0. The van der Waals surface area contributed by atoms with Crippen LogP contribution in [0.2, 0.25) is 0 Å². The Morgan fingerprint density at radius 2 is 1.79 bits per heavy atom. The first kappa shape index (κ1) is 19.1. The molecule has 3 heterocycles. The van der Waals surface area contributed by atoms with Gasteiger partial charge in [-0.25, -0.2) is 0 Å². The zero-order valence-electron chi connectivity index (χ0n) is 16.4. The minimum atomic E-state index is -0.226. The van der Waals surface area contributed by atoms with Gasteiger partial charge in [0, 0.05) is 51.9 Å². The minimum absolute atomic E-state index is 0.190. The van der Waals surface area contributed by atoms with E-state index in [1.54, 1.807) is 0 Å². The third kappa shape index (κ3) is 4.43. The van der Waals surface area contributed by atoms with Crippen LogP contribution in [0.25, 0.3) is 0 Å². The topological polar surface area (TPSA) is 62.0 Å². The molecule has 0 radical (unpaired) electrons. The molecule has 2 fully saturated rings. The summed E-state index contributed by atoms with van der Waals surface area (Å²) in [7, 11) is 0. The van der Waals surface area contributed by atoms with Gasteiger partial charge in [0.1, 0.15) is 11.8 Å². The van der Waals surface area contributed by atoms with Crippen LogP contribution in [-0.4, -0.2) is 78.2 Å². The van der Waals surface area contributed by atoms with Crippen molar-refractivity contribution in [2.75, 3.05) is 52.5 Å². The van der Waals surface area contributed by atoms with E-state index in [9.17, 15) is 4.79 Å². The zero-order valence-corrected chi connectivity index (χ0v) is 16.4. The van der Waals surface area contributed by atoms with E-state index in [1.165, 1.54) is 0 Å². The fourth-order valence-corrected chi connectivity index (χ4v) is 4.00. The Labute approximate surface area is 165 Å². The number of aromatic nitrogens is 1. The number of hydrogen-bond donors (Lipinski definition) is 0. The second kappa shape index (κ2) is 8.86. The van der Waals surface area contributed by atoms with Gasteiger partial charge in [0.15, 0.2) is 0 Å². The van der Waals surface area contributed by atoms with Gasteiger partial charge >= 0.3 is 0 Å². The number of ether oxygens (including phenoxy) is 1. The maximum atomic E-state index is 13.4. The molecule has 2 aliphatic rings. The van der Waals surface area contributed by atoms with Crippen LogP contribution < -0.4 is 0 Å². The number of rotatable bonds is 5. The van der Waals surface area contributed by atoms with E-state index in [2.05, 4.69) is 27.1 Å². The third-order valence-corrected chi connectivity index (χ3v) is 5.51. The largest absolute Gasteiger partial charge is 0.378 e. The molecule has 1 aromatic heterocycles. The number of benzene rings is 1. The number of carbonyl (C=O) groups is 1. The van der Waals surface area contributed by atoms with Crippen molar-refractivity contribution >= 4 is 5.91 Å². The molecule has 0 aliphatic carbocycles. The maximum Gasteiger partial charge on any atom is 0.244 e. The summed E-state index contributed by atoms with van der Waals surface area (Å²) in [6, 6.07) is 11.9. The third-order valence-electron chi connectivity index (χ3n) is 5.51. The molecule has 0 bridgehead atoms. The van der Waals surface area contributed by atoms with Crippen LogP contribution in [0.1, 0.15) is 23.1 Å². The van der Waals surface area contributed by atoms with Crippen LogP contribution in [0.4, 0.5) is 0 Å². The average molecular weight is 384 g/mol. The molecule has 2 aliphatic heterocycles. The Morgan fingerprint density at radius 3 is 2.43 bits per heavy atom. The zero-order chi connectivity index (χ0) is 19.3. The second-order valence-electron chi connectivity index (χ2n) is 7.49. The molecule has 0 unspecified atom stereocenters. The van der Waals surface area contributed by atoms with Crippen LogP contribution in [0.15, 0.2) is 40.9 Å². The molecule has 1 atom stereocenters. The Morgan fingerprint density at radius 1 is 1.07 bits per heavy atom. The number of carbonyl (C=O) groups excluding carboxylic acids is 1. The van der Waals surface area contributed by atoms with Crippen LogP contribution >= 0.6 is 0 Å². The molecule has 4 rings (SSSR count). The average Bonchev–Trinajstić information content (AvgIpc) is 3.15. The van der Waals surface area contributed by atoms with E-state index in [4.69, 9.17) is 9.26 Å². The number of piperazine rings is 1. The summed E-state index contributed by atoms with van der Waals surface area (Å²) in [6.45, 7) is 8.82. The van der Waals surface area contributed by atoms with Crippen molar-refractivity contribution < 1.29 is 14.1 Å². The van der Waals surface area contributed by atoms with Crippen LogP contribution in [0.5, 0.6) is 0 Å². The summed E-state index contributed by atoms with van der Waals surface area (Å²) in [5, 5.41) is 4.10. The van der Waals surface area contributed by atoms with Crippen molar-refractivity contribution in [3.05, 3.63) is 53.4 Å². The lowest BCUT2D eigenvalue weighted by Gasteiger charge is -2.40. The maximum absolute atomic E-state index is 13.4. The van der Waals surface area contributed by atoms with Gasteiger partial charge in [-0.05, 0) is 12.5 Å². The summed E-state index contributed by atoms with van der Waals surface area (Å²) in [4.78, 5) is 20.0. The van der Waals surface area contributed by atoms with Gasteiger partial charge in [-0.2, -0.15) is 0 Å². The SMILES string of the molecule is Cc1cc(CN2CCN([C@H](C(=O)N3CCOCC3)c3ccccc3)CC2)no1. The quantitative estimate of drug-likeness (QED) is 0.782. The van der Waals surface area contributed by atoms with Crippen LogP contribution in [0, 0.1) is 6.92 Å². The summed E-state index contributed by atoms with van der Waals surface area (Å²) < 4.78 is 10.6. The predicted molar refractivity (Wildman–Crippen MR) is 105 cm³/mol. The summed E-state index contributed by atoms with van der Waals surface area (Å²) in [5.41, 5.74) is 2.04. The van der Waals surface area contributed by atoms with Crippen molar-refractivity contribution in [1.29, 1.82) is 0 Å². The Bertz CT molecular complexity index is 765. The molecule has 2 saturated heterocycles. The fourth-order valence-electron chi connectivity index (χ4n) is 4.00. The normalized spacial score (nSPS) is 20.2. The van der Waals surface area contributed by atoms with Gasteiger partial charge in [0.05, 0.1) is 18.9 Å². The van der Waals surface area contributed by atoms with E-state index in [0.717, 1.165) is 49.7 Å². The van der Waals surface area contributed by atoms with E-state index in [0.29, 0.717) is 26.3 Å². The van der Waals surface area contributed by atoms with Gasteiger partial charge in [0.25, 0.3) is 0 Å². The highest BCUT2D eigenvalue weighted by Crippen LogP contribution is 2.25. The lowest BCUT2D eigenvalue weighted by molar-refractivity contribution is -0.142. The van der Waals surface area contributed by atoms with Crippen LogP contribution in [-0.2, 0) is 16.1 Å². The summed E-state index contributed by atoms with van der Waals surface area (Å²) in [5.74, 6) is 1.03. The first-order chi connectivity index (χ1) is 13.7. The molecule has 0 spiro atoms. The number of amides is 1. The molecule has 150 valence electrons. The van der Waals surface area contributed by atoms with Gasteiger partial charge in [0.2, 0.25) is 5.91 Å². The molecule has 7 nitrogen and oxygen atoms in total. The smallest absolute Gasteiger partial charge is 0.244 e. The molecule has 1 aromatic carbocycles. The van der Waals surface area contributed by atoms with Crippen molar-refractivity contribution in [3.8, 4) is 0 Å². The van der Waals surface area contributed by atoms with Crippen molar-refractivity contribution in [2.24, 2.45) is 0 Å². The van der Waals surface area contributed by atoms with Crippen molar-refractivity contribution in [1.82, 2.24) is 19.9 Å². The molecule has 0 saturated carbocycles. The Balaban J connectivity index is 1.44. The van der Waals surface area contributed by atoms with E-state index in [-0.39, 0.29) is 11.9 Å². The molecule has 28 heavy (non-hydrogen) atoms. The van der Waals surface area contributed by atoms with Gasteiger partial charge < -0.3 is 14.2 Å². The molecule has 0 N–H and O–H groups in total. The number of aryl methyl sites for hydroxylation is 1. The highest BCUT2D eigenvalue weighted by molar-refractivity contribution is 5.83. The minimum Gasteiger partial charge on any atom is -0.378 e. The monoisotopic (exact) mass is 384 g/mol. The standard InChI is InChI=1S/C21H28N4O3/c1-17-15-19(22-28-17)16-23-7-9-24(10-8-23)20(18-5-3-2-4-6-18)21(26)25-11-13-27-14-12-25/h2-6,15,20H,7-14,16H2,1H3/t20-/m0/s1. The predicted octanol–water partition coefficient (Wildman–Crippen LogP) is 1.70. The number of hydrogen-bond acceptors (Lipinski definition) is 6. The molecular weight excluding hydrogens is 356 g/mol. The lowest BCUT2D eigenvalue weighted by Crippen LogP contribution is -2.52. The molecule has 2 aromatic rings. The first-order valence-corrected chi connectivity index (χ1v) is 10.0. The lowest BCUT2D eigenvalue weighted by atomic mass is 10.0. The van der Waals surface area contributed by atoms with Gasteiger partial charge in [-0.15, -0.1) is 0 Å². The van der Waals surface area contributed by atoms with E-state index < -0.39 is 0 Å². The van der Waals surface area contributed by atoms with Gasteiger partial charge in [-0.1, -0.05) is 35.5 Å². The fraction of sp³-hybridized carbons (Fsp3) is 0.524. The Hall–Kier alpha value is -2.22. The highest BCUT2D eigenvalue weighted by atomic mass is 16.5. The van der Waals surface area contributed by atoms with E-state index in [1.807, 2.05) is 36.1 Å². The Kier molecular flexibility index (Phi) is 6.04. The number of morpholine rings is 1. The van der Waals surface area contributed by atoms with Crippen LogP contribution in [0.3, 0.4) is 0 Å². The van der Waals surface area contributed by atoms with Crippen molar-refractivity contribution in [2.45, 2.75) is 19.5 Å². The number of nitrogens with zero attached hydrogens (tertiary/aromatic N) is 4.